The molecule has 14 heavy (non-hydrogen) atoms. The van der Waals surface area contributed by atoms with Crippen LogP contribution in [0.4, 0.5) is 0 Å². The number of nitrogens with two attached hydrogens (primary N) is 1. The zero-order valence-corrected chi connectivity index (χ0v) is 9.41. The Labute approximate surface area is 87.8 Å². The van der Waals surface area contributed by atoms with Crippen molar-refractivity contribution < 1.29 is 0 Å². The first-order valence-electron chi connectivity index (χ1n) is 6.29. The minimum absolute atomic E-state index is 0.672. The van der Waals surface area contributed by atoms with Gasteiger partial charge in [0.15, 0.2) is 0 Å². The van der Waals surface area contributed by atoms with Crippen molar-refractivity contribution in [2.75, 3.05) is 19.6 Å². The topological polar surface area (TPSA) is 29.3 Å². The molecule has 3 atom stereocenters. The van der Waals surface area contributed by atoms with Crippen molar-refractivity contribution in [3.05, 3.63) is 0 Å². The highest BCUT2D eigenvalue weighted by Gasteiger charge is 2.37. The second kappa shape index (κ2) is 4.63. The summed E-state index contributed by atoms with van der Waals surface area (Å²) in [6.45, 7) is 5.80. The zero-order chi connectivity index (χ0) is 9.97. The number of likely N-dealkylation sites (tertiary alicyclic amines) is 1. The molecule has 0 aromatic heterocycles. The van der Waals surface area contributed by atoms with Gasteiger partial charge in [0.05, 0.1) is 0 Å². The zero-order valence-electron chi connectivity index (χ0n) is 9.41. The van der Waals surface area contributed by atoms with Crippen LogP contribution in [0.15, 0.2) is 0 Å². The van der Waals surface area contributed by atoms with E-state index in [9.17, 15) is 0 Å². The maximum absolute atomic E-state index is 5.85. The molecule has 0 amide bonds. The number of nitrogens with zero attached hydrogens (tertiary/aromatic N) is 1. The van der Waals surface area contributed by atoms with E-state index in [-0.39, 0.29) is 0 Å². The fourth-order valence-corrected chi connectivity index (χ4v) is 3.35. The number of hydrogen-bond acceptors (Lipinski definition) is 2. The Hall–Kier alpha value is -0.0800. The summed E-state index contributed by atoms with van der Waals surface area (Å²) in [7, 11) is 0. The van der Waals surface area contributed by atoms with Gasteiger partial charge in [0.2, 0.25) is 0 Å². The molecule has 0 aromatic rings. The maximum Gasteiger partial charge on any atom is 0.0218 e. The molecule has 2 aliphatic rings. The number of fused-ring (bicyclic) bond motifs is 1. The van der Waals surface area contributed by atoms with E-state index in [2.05, 4.69) is 11.8 Å². The first-order chi connectivity index (χ1) is 6.85. The molecule has 0 spiro atoms. The summed E-state index contributed by atoms with van der Waals surface area (Å²) in [6, 6.07) is 0.672. The average Bonchev–Trinajstić information content (AvgIpc) is 2.73. The lowest BCUT2D eigenvalue weighted by atomic mass is 10.0. The molecular formula is C12H24N2. The van der Waals surface area contributed by atoms with Crippen LogP contribution in [0.25, 0.3) is 0 Å². The second-order valence-electron chi connectivity index (χ2n) is 5.08. The van der Waals surface area contributed by atoms with Crippen LogP contribution in [0, 0.1) is 11.8 Å². The molecule has 0 bridgehead atoms. The normalized spacial score (nSPS) is 34.7. The summed E-state index contributed by atoms with van der Waals surface area (Å²) in [6.07, 6.45) is 6.99. The van der Waals surface area contributed by atoms with E-state index in [0.717, 1.165) is 18.4 Å². The molecule has 2 heteroatoms. The Morgan fingerprint density at radius 2 is 1.93 bits per heavy atom. The van der Waals surface area contributed by atoms with Crippen LogP contribution in [0.1, 0.15) is 39.0 Å². The van der Waals surface area contributed by atoms with Crippen molar-refractivity contribution in [1.29, 1.82) is 0 Å². The molecule has 82 valence electrons. The largest absolute Gasteiger partial charge is 0.329 e. The first kappa shape index (κ1) is 10.4. The van der Waals surface area contributed by atoms with E-state index in [1.54, 1.807) is 0 Å². The van der Waals surface area contributed by atoms with E-state index >= 15 is 0 Å². The van der Waals surface area contributed by atoms with Crippen LogP contribution >= 0.6 is 0 Å². The highest BCUT2D eigenvalue weighted by Crippen LogP contribution is 2.38. The van der Waals surface area contributed by atoms with Crippen molar-refractivity contribution in [3.8, 4) is 0 Å². The number of rotatable bonds is 4. The molecule has 2 fully saturated rings. The Morgan fingerprint density at radius 3 is 2.43 bits per heavy atom. The van der Waals surface area contributed by atoms with Crippen LogP contribution in [-0.4, -0.2) is 30.6 Å². The fourth-order valence-electron chi connectivity index (χ4n) is 3.35. The van der Waals surface area contributed by atoms with Crippen LogP contribution in [0.3, 0.4) is 0 Å². The lowest BCUT2D eigenvalue weighted by molar-refractivity contribution is 0.217. The van der Waals surface area contributed by atoms with Crippen molar-refractivity contribution in [2.24, 2.45) is 17.6 Å². The van der Waals surface area contributed by atoms with Gasteiger partial charge < -0.3 is 5.73 Å². The van der Waals surface area contributed by atoms with Gasteiger partial charge in [0.1, 0.15) is 0 Å². The molecule has 0 aromatic carbocycles. The van der Waals surface area contributed by atoms with Crippen molar-refractivity contribution in [3.63, 3.8) is 0 Å². The molecule has 1 saturated heterocycles. The van der Waals surface area contributed by atoms with Gasteiger partial charge >= 0.3 is 0 Å². The standard InChI is InChI=1S/C12H24N2/c1-2-4-12(7-13)14-8-10-5-3-6-11(10)9-14/h10-12H,2-9,13H2,1H3. The van der Waals surface area contributed by atoms with Crippen LogP contribution in [0.2, 0.25) is 0 Å². The Kier molecular flexibility index (Phi) is 3.45. The molecule has 2 nitrogen and oxygen atoms in total. The molecule has 1 saturated carbocycles. The van der Waals surface area contributed by atoms with Gasteiger partial charge in [-0.1, -0.05) is 19.8 Å². The summed E-state index contributed by atoms with van der Waals surface area (Å²) in [5.74, 6) is 2.03. The van der Waals surface area contributed by atoms with Gasteiger partial charge in [-0.05, 0) is 31.1 Å². The van der Waals surface area contributed by atoms with E-state index < -0.39 is 0 Å². The van der Waals surface area contributed by atoms with Gasteiger partial charge in [0.25, 0.3) is 0 Å². The quantitative estimate of drug-likeness (QED) is 0.743. The number of hydrogen-bond donors (Lipinski definition) is 1. The molecule has 3 unspecified atom stereocenters. The average molecular weight is 196 g/mol. The lowest BCUT2D eigenvalue weighted by Crippen LogP contribution is -2.39. The van der Waals surface area contributed by atoms with Crippen LogP contribution in [0.5, 0.6) is 0 Å². The van der Waals surface area contributed by atoms with Crippen molar-refractivity contribution in [1.82, 2.24) is 4.90 Å². The molecule has 0 radical (unpaired) electrons. The van der Waals surface area contributed by atoms with Gasteiger partial charge in [-0.2, -0.15) is 0 Å². The Bertz CT molecular complexity index is 169. The van der Waals surface area contributed by atoms with E-state index in [4.69, 9.17) is 5.73 Å². The van der Waals surface area contributed by atoms with Gasteiger partial charge in [0, 0.05) is 25.7 Å². The molecule has 1 heterocycles. The fraction of sp³-hybridized carbons (Fsp3) is 1.00. The molecule has 2 N–H and O–H groups in total. The minimum atomic E-state index is 0.672. The second-order valence-corrected chi connectivity index (χ2v) is 5.08. The smallest absolute Gasteiger partial charge is 0.0218 e. The lowest BCUT2D eigenvalue weighted by Gasteiger charge is -2.27. The highest BCUT2D eigenvalue weighted by molar-refractivity contribution is 4.91. The van der Waals surface area contributed by atoms with Crippen LogP contribution in [-0.2, 0) is 0 Å². The molecule has 2 rings (SSSR count). The molecule has 1 aliphatic heterocycles. The summed E-state index contributed by atoms with van der Waals surface area (Å²) >= 11 is 0. The minimum Gasteiger partial charge on any atom is -0.329 e. The Balaban J connectivity index is 1.87. The van der Waals surface area contributed by atoms with Gasteiger partial charge in [-0.3, -0.25) is 4.90 Å². The molecular weight excluding hydrogens is 172 g/mol. The summed E-state index contributed by atoms with van der Waals surface area (Å²) in [5.41, 5.74) is 5.85. The molecule has 1 aliphatic carbocycles. The van der Waals surface area contributed by atoms with Gasteiger partial charge in [-0.15, -0.1) is 0 Å². The summed E-state index contributed by atoms with van der Waals surface area (Å²) < 4.78 is 0. The predicted molar refractivity (Wildman–Crippen MR) is 60.2 cm³/mol. The monoisotopic (exact) mass is 196 g/mol. The Morgan fingerprint density at radius 1 is 1.29 bits per heavy atom. The van der Waals surface area contributed by atoms with Crippen LogP contribution < -0.4 is 5.73 Å². The predicted octanol–water partition coefficient (Wildman–Crippen LogP) is 1.85. The third kappa shape index (κ3) is 1.96. The van der Waals surface area contributed by atoms with Gasteiger partial charge in [-0.25, -0.2) is 0 Å². The van der Waals surface area contributed by atoms with Crippen molar-refractivity contribution >= 4 is 0 Å². The third-order valence-corrected chi connectivity index (χ3v) is 4.16. The van der Waals surface area contributed by atoms with Crippen molar-refractivity contribution in [2.45, 2.75) is 45.1 Å². The maximum atomic E-state index is 5.85. The first-order valence-corrected chi connectivity index (χ1v) is 6.29. The third-order valence-electron chi connectivity index (χ3n) is 4.16. The van der Waals surface area contributed by atoms with E-state index in [1.165, 1.54) is 45.2 Å². The van der Waals surface area contributed by atoms with E-state index in [1.807, 2.05) is 0 Å². The SMILES string of the molecule is CCCC(CN)N1CC2CCCC2C1. The van der Waals surface area contributed by atoms with E-state index in [0.29, 0.717) is 6.04 Å². The summed E-state index contributed by atoms with van der Waals surface area (Å²) in [5, 5.41) is 0. The highest BCUT2D eigenvalue weighted by atomic mass is 15.2. The summed E-state index contributed by atoms with van der Waals surface area (Å²) in [4.78, 5) is 2.66.